The summed E-state index contributed by atoms with van der Waals surface area (Å²) in [7, 11) is 0. The Morgan fingerprint density at radius 2 is 1.88 bits per heavy atom. The SMILES string of the molecule is O[C@H]1[C@H](n2cc(-c3cncnc3)nn2)c2ccccc2C12CCNCC2. The van der Waals surface area contributed by atoms with Gasteiger partial charge in [0, 0.05) is 23.4 Å². The molecular formula is C19H20N6O. The van der Waals surface area contributed by atoms with Crippen molar-refractivity contribution in [2.45, 2.75) is 30.4 Å². The van der Waals surface area contributed by atoms with Crippen molar-refractivity contribution in [2.75, 3.05) is 13.1 Å². The van der Waals surface area contributed by atoms with Gasteiger partial charge in [0.2, 0.25) is 0 Å². The van der Waals surface area contributed by atoms with Gasteiger partial charge < -0.3 is 10.4 Å². The van der Waals surface area contributed by atoms with E-state index in [2.05, 4.69) is 43.8 Å². The van der Waals surface area contributed by atoms with E-state index in [-0.39, 0.29) is 11.5 Å². The first-order valence-electron chi connectivity index (χ1n) is 8.95. The van der Waals surface area contributed by atoms with Crippen molar-refractivity contribution in [3.63, 3.8) is 0 Å². The fourth-order valence-electron chi connectivity index (χ4n) is 4.54. The second kappa shape index (κ2) is 5.96. The number of fused-ring (bicyclic) bond motifs is 2. The molecule has 1 saturated heterocycles. The van der Waals surface area contributed by atoms with E-state index in [1.165, 1.54) is 11.9 Å². The molecule has 2 aromatic heterocycles. The van der Waals surface area contributed by atoms with Gasteiger partial charge in [0.15, 0.2) is 0 Å². The highest BCUT2D eigenvalue weighted by Gasteiger charge is 2.52. The summed E-state index contributed by atoms with van der Waals surface area (Å²) in [5, 5.41) is 23.4. The zero-order valence-corrected chi connectivity index (χ0v) is 14.3. The minimum atomic E-state index is -0.524. The summed E-state index contributed by atoms with van der Waals surface area (Å²) in [5.41, 5.74) is 3.70. The Morgan fingerprint density at radius 1 is 1.12 bits per heavy atom. The molecule has 1 aliphatic carbocycles. The molecule has 5 rings (SSSR count). The highest BCUT2D eigenvalue weighted by Crippen LogP contribution is 2.51. The molecule has 1 aromatic carbocycles. The lowest BCUT2D eigenvalue weighted by molar-refractivity contribution is 0.0421. The Morgan fingerprint density at radius 3 is 2.69 bits per heavy atom. The zero-order chi connectivity index (χ0) is 17.6. The van der Waals surface area contributed by atoms with Crippen LogP contribution in [0, 0.1) is 0 Å². The second-order valence-corrected chi connectivity index (χ2v) is 7.09. The Hall–Kier alpha value is -2.64. The predicted octanol–water partition coefficient (Wildman–Crippen LogP) is 1.32. The van der Waals surface area contributed by atoms with Crippen molar-refractivity contribution in [3.05, 3.63) is 60.3 Å². The number of benzene rings is 1. The fraction of sp³-hybridized carbons (Fsp3) is 0.368. The normalized spacial score (nSPS) is 23.9. The molecule has 26 heavy (non-hydrogen) atoms. The molecule has 1 spiro atoms. The van der Waals surface area contributed by atoms with E-state index < -0.39 is 6.10 Å². The quantitative estimate of drug-likeness (QED) is 0.726. The first-order chi connectivity index (χ1) is 12.8. The molecule has 0 bridgehead atoms. The smallest absolute Gasteiger partial charge is 0.116 e. The lowest BCUT2D eigenvalue weighted by Gasteiger charge is -2.38. The predicted molar refractivity (Wildman–Crippen MR) is 95.4 cm³/mol. The first kappa shape index (κ1) is 15.6. The monoisotopic (exact) mass is 348 g/mol. The van der Waals surface area contributed by atoms with Gasteiger partial charge in [0.1, 0.15) is 18.1 Å². The summed E-state index contributed by atoms with van der Waals surface area (Å²) in [6, 6.07) is 8.13. The summed E-state index contributed by atoms with van der Waals surface area (Å²) in [6.07, 6.45) is 8.13. The van der Waals surface area contributed by atoms with Crippen molar-refractivity contribution in [1.82, 2.24) is 30.3 Å². The average molecular weight is 348 g/mol. The zero-order valence-electron chi connectivity index (χ0n) is 14.3. The van der Waals surface area contributed by atoms with E-state index in [0.29, 0.717) is 5.69 Å². The number of hydrogen-bond donors (Lipinski definition) is 2. The molecule has 0 amide bonds. The van der Waals surface area contributed by atoms with Crippen LogP contribution in [0.2, 0.25) is 0 Å². The van der Waals surface area contributed by atoms with Crippen LogP contribution in [0.3, 0.4) is 0 Å². The first-order valence-corrected chi connectivity index (χ1v) is 8.95. The van der Waals surface area contributed by atoms with Gasteiger partial charge in [-0.25, -0.2) is 14.6 Å². The molecule has 2 aliphatic rings. The molecule has 2 N–H and O–H groups in total. The molecule has 3 aromatic rings. The van der Waals surface area contributed by atoms with E-state index in [4.69, 9.17) is 0 Å². The minimum Gasteiger partial charge on any atom is -0.390 e. The number of aromatic nitrogens is 5. The largest absolute Gasteiger partial charge is 0.390 e. The molecule has 132 valence electrons. The maximum atomic E-state index is 11.4. The molecule has 2 atom stereocenters. The summed E-state index contributed by atoms with van der Waals surface area (Å²) in [5.74, 6) is 0. The number of aliphatic hydroxyl groups is 1. The summed E-state index contributed by atoms with van der Waals surface area (Å²) in [4.78, 5) is 8.09. The topological polar surface area (TPSA) is 88.8 Å². The van der Waals surface area contributed by atoms with E-state index in [0.717, 1.165) is 37.1 Å². The van der Waals surface area contributed by atoms with Crippen molar-refractivity contribution >= 4 is 0 Å². The molecular weight excluding hydrogens is 328 g/mol. The molecule has 1 fully saturated rings. The third-order valence-electron chi connectivity index (χ3n) is 5.83. The van der Waals surface area contributed by atoms with Gasteiger partial charge in [-0.3, -0.25) is 0 Å². The van der Waals surface area contributed by atoms with Crippen LogP contribution in [0.15, 0.2) is 49.2 Å². The third-order valence-corrected chi connectivity index (χ3v) is 5.83. The van der Waals surface area contributed by atoms with Crippen molar-refractivity contribution in [3.8, 4) is 11.3 Å². The summed E-state index contributed by atoms with van der Waals surface area (Å²) >= 11 is 0. The minimum absolute atomic E-state index is 0.214. The van der Waals surface area contributed by atoms with Gasteiger partial charge >= 0.3 is 0 Å². The standard InChI is InChI=1S/C19H20N6O/c26-18-17(25-11-16(23-24-25)13-9-21-12-22-10-13)14-3-1-2-4-15(14)19(18)5-7-20-8-6-19/h1-4,9-12,17-18,20,26H,5-8H2/t17-,18+/m1/s1. The highest BCUT2D eigenvalue weighted by molar-refractivity contribution is 5.55. The van der Waals surface area contributed by atoms with Crippen LogP contribution in [-0.4, -0.2) is 49.3 Å². The lowest BCUT2D eigenvalue weighted by Crippen LogP contribution is -2.47. The molecule has 7 heteroatoms. The molecule has 0 radical (unpaired) electrons. The highest BCUT2D eigenvalue weighted by atomic mass is 16.3. The number of nitrogens with one attached hydrogen (secondary N) is 1. The van der Waals surface area contributed by atoms with Crippen LogP contribution in [0.5, 0.6) is 0 Å². The van der Waals surface area contributed by atoms with Crippen molar-refractivity contribution < 1.29 is 5.11 Å². The lowest BCUT2D eigenvalue weighted by atomic mass is 9.72. The Labute approximate surface area is 151 Å². The number of aliphatic hydroxyl groups excluding tert-OH is 1. The van der Waals surface area contributed by atoms with Crippen molar-refractivity contribution in [2.24, 2.45) is 0 Å². The number of hydrogen-bond acceptors (Lipinski definition) is 6. The van der Waals surface area contributed by atoms with Crippen LogP contribution < -0.4 is 5.32 Å². The van der Waals surface area contributed by atoms with Gasteiger partial charge in [0.25, 0.3) is 0 Å². The van der Waals surface area contributed by atoms with E-state index in [1.54, 1.807) is 17.1 Å². The Kier molecular flexibility index (Phi) is 3.58. The number of nitrogens with zero attached hydrogens (tertiary/aromatic N) is 5. The van der Waals surface area contributed by atoms with Crippen LogP contribution in [0.4, 0.5) is 0 Å². The maximum Gasteiger partial charge on any atom is 0.116 e. The Bertz CT molecular complexity index is 919. The fourth-order valence-corrected chi connectivity index (χ4v) is 4.54. The third kappa shape index (κ3) is 2.21. The van der Waals surface area contributed by atoms with Gasteiger partial charge in [-0.05, 0) is 37.1 Å². The van der Waals surface area contributed by atoms with Crippen LogP contribution in [0.1, 0.15) is 30.0 Å². The summed E-state index contributed by atoms with van der Waals surface area (Å²) < 4.78 is 1.79. The van der Waals surface area contributed by atoms with Crippen LogP contribution in [-0.2, 0) is 5.41 Å². The molecule has 0 saturated carbocycles. The molecule has 7 nitrogen and oxygen atoms in total. The summed E-state index contributed by atoms with van der Waals surface area (Å²) in [6.45, 7) is 1.84. The van der Waals surface area contributed by atoms with Gasteiger partial charge in [-0.2, -0.15) is 0 Å². The number of rotatable bonds is 2. The van der Waals surface area contributed by atoms with Gasteiger partial charge in [-0.1, -0.05) is 29.5 Å². The molecule has 3 heterocycles. The van der Waals surface area contributed by atoms with E-state index >= 15 is 0 Å². The Balaban J connectivity index is 1.59. The number of piperidine rings is 1. The van der Waals surface area contributed by atoms with Gasteiger partial charge in [0.05, 0.1) is 12.3 Å². The van der Waals surface area contributed by atoms with E-state index in [1.807, 2.05) is 12.3 Å². The van der Waals surface area contributed by atoms with E-state index in [9.17, 15) is 5.11 Å². The second-order valence-electron chi connectivity index (χ2n) is 7.09. The maximum absolute atomic E-state index is 11.4. The van der Waals surface area contributed by atoms with Crippen molar-refractivity contribution in [1.29, 1.82) is 0 Å². The molecule has 0 unspecified atom stereocenters. The van der Waals surface area contributed by atoms with Crippen LogP contribution >= 0.6 is 0 Å². The average Bonchev–Trinajstić information content (AvgIpc) is 3.27. The van der Waals surface area contributed by atoms with Gasteiger partial charge in [-0.15, -0.1) is 5.10 Å². The molecule has 1 aliphatic heterocycles. The van der Waals surface area contributed by atoms with Crippen LogP contribution in [0.25, 0.3) is 11.3 Å².